The number of hydrogen-bond acceptors (Lipinski definition) is 3. The standard InChI is InChI=1S/C20H16N2O2S/c1-2-13-7-3-5-9-17(13)22-19(23)16(21-20(22)25)12-15-11-14-8-4-6-10-18(14)24-15/h3-12H,2H2,1H3,(H,21,25)/b16-12+. The summed E-state index contributed by atoms with van der Waals surface area (Å²) in [6, 6.07) is 17.4. The molecule has 0 bridgehead atoms. The zero-order valence-corrected chi connectivity index (χ0v) is 14.5. The van der Waals surface area contributed by atoms with Gasteiger partial charge in [0, 0.05) is 11.5 Å². The van der Waals surface area contributed by atoms with Crippen molar-refractivity contribution in [3.8, 4) is 0 Å². The number of aryl methyl sites for hydroxylation is 1. The largest absolute Gasteiger partial charge is 0.457 e. The lowest BCUT2D eigenvalue weighted by Crippen LogP contribution is -2.31. The van der Waals surface area contributed by atoms with Gasteiger partial charge in [-0.1, -0.05) is 43.3 Å². The molecule has 1 aromatic heterocycles. The Labute approximate surface area is 150 Å². The Hall–Kier alpha value is -2.92. The van der Waals surface area contributed by atoms with E-state index in [4.69, 9.17) is 16.6 Å². The van der Waals surface area contributed by atoms with Crippen LogP contribution in [0, 0.1) is 0 Å². The Morgan fingerprint density at radius 1 is 1.16 bits per heavy atom. The van der Waals surface area contributed by atoms with Crippen LogP contribution in [-0.4, -0.2) is 11.0 Å². The molecular formula is C20H16N2O2S. The van der Waals surface area contributed by atoms with Crippen molar-refractivity contribution >= 4 is 46.0 Å². The van der Waals surface area contributed by atoms with Gasteiger partial charge in [0.25, 0.3) is 5.91 Å². The number of carbonyl (C=O) groups is 1. The van der Waals surface area contributed by atoms with Crippen LogP contribution in [0.5, 0.6) is 0 Å². The maximum atomic E-state index is 12.9. The molecule has 124 valence electrons. The van der Waals surface area contributed by atoms with Crippen LogP contribution in [0.3, 0.4) is 0 Å². The fraction of sp³-hybridized carbons (Fsp3) is 0.100. The van der Waals surface area contributed by atoms with Gasteiger partial charge in [-0.3, -0.25) is 9.69 Å². The highest BCUT2D eigenvalue weighted by atomic mass is 32.1. The number of benzene rings is 2. The Morgan fingerprint density at radius 2 is 1.92 bits per heavy atom. The molecule has 1 amide bonds. The fourth-order valence-electron chi connectivity index (χ4n) is 3.00. The van der Waals surface area contributed by atoms with Crippen molar-refractivity contribution in [1.29, 1.82) is 0 Å². The summed E-state index contributed by atoms with van der Waals surface area (Å²) in [7, 11) is 0. The number of rotatable bonds is 3. The first-order chi connectivity index (χ1) is 12.2. The zero-order chi connectivity index (χ0) is 17.4. The lowest BCUT2D eigenvalue weighted by Gasteiger charge is -2.17. The first-order valence-electron chi connectivity index (χ1n) is 8.11. The van der Waals surface area contributed by atoms with E-state index in [0.717, 1.165) is 28.6 Å². The van der Waals surface area contributed by atoms with E-state index in [-0.39, 0.29) is 5.91 Å². The molecule has 1 saturated heterocycles. The van der Waals surface area contributed by atoms with Crippen LogP contribution in [0.15, 0.2) is 64.7 Å². The predicted molar refractivity (Wildman–Crippen MR) is 103 cm³/mol. The molecule has 1 aliphatic rings. The number of carbonyl (C=O) groups excluding carboxylic acids is 1. The van der Waals surface area contributed by atoms with Crippen LogP contribution in [0.1, 0.15) is 18.2 Å². The van der Waals surface area contributed by atoms with Gasteiger partial charge < -0.3 is 9.73 Å². The highest BCUT2D eigenvalue weighted by Crippen LogP contribution is 2.27. The Morgan fingerprint density at radius 3 is 2.72 bits per heavy atom. The minimum absolute atomic E-state index is 0.175. The number of thiocarbonyl (C=S) groups is 1. The van der Waals surface area contributed by atoms with Gasteiger partial charge >= 0.3 is 0 Å². The zero-order valence-electron chi connectivity index (χ0n) is 13.7. The molecular weight excluding hydrogens is 332 g/mol. The number of nitrogens with one attached hydrogen (secondary N) is 1. The lowest BCUT2D eigenvalue weighted by atomic mass is 10.1. The van der Waals surface area contributed by atoms with Crippen molar-refractivity contribution in [3.05, 3.63) is 71.6 Å². The molecule has 2 heterocycles. The van der Waals surface area contributed by atoms with Crippen molar-refractivity contribution in [1.82, 2.24) is 5.32 Å². The van der Waals surface area contributed by atoms with Gasteiger partial charge in [0.15, 0.2) is 5.11 Å². The van der Waals surface area contributed by atoms with Gasteiger partial charge in [-0.15, -0.1) is 0 Å². The Balaban J connectivity index is 1.71. The number of nitrogens with zero attached hydrogens (tertiary/aromatic N) is 1. The van der Waals surface area contributed by atoms with E-state index in [1.807, 2.05) is 54.6 Å². The highest BCUT2D eigenvalue weighted by molar-refractivity contribution is 7.80. The van der Waals surface area contributed by atoms with Crippen molar-refractivity contribution in [2.45, 2.75) is 13.3 Å². The summed E-state index contributed by atoms with van der Waals surface area (Å²) in [4.78, 5) is 14.4. The summed E-state index contributed by atoms with van der Waals surface area (Å²) < 4.78 is 5.77. The van der Waals surface area contributed by atoms with Gasteiger partial charge in [0.2, 0.25) is 0 Å². The van der Waals surface area contributed by atoms with Gasteiger partial charge in [0.1, 0.15) is 17.0 Å². The maximum Gasteiger partial charge on any atom is 0.281 e. The van der Waals surface area contributed by atoms with Crippen molar-refractivity contribution in [2.24, 2.45) is 0 Å². The third-order valence-electron chi connectivity index (χ3n) is 4.22. The Kier molecular flexibility index (Phi) is 3.86. The van der Waals surface area contributed by atoms with E-state index < -0.39 is 0 Å². The second kappa shape index (κ2) is 6.18. The smallest absolute Gasteiger partial charge is 0.281 e. The monoisotopic (exact) mass is 348 g/mol. The number of anilines is 1. The Bertz CT molecular complexity index is 986. The van der Waals surface area contributed by atoms with Crippen LogP contribution < -0.4 is 10.2 Å². The topological polar surface area (TPSA) is 45.5 Å². The van der Waals surface area contributed by atoms with E-state index in [9.17, 15) is 4.79 Å². The number of hydrogen-bond donors (Lipinski definition) is 1. The molecule has 25 heavy (non-hydrogen) atoms. The second-order valence-corrected chi connectivity index (χ2v) is 6.18. The second-order valence-electron chi connectivity index (χ2n) is 5.80. The maximum absolute atomic E-state index is 12.9. The molecule has 2 aromatic carbocycles. The van der Waals surface area contributed by atoms with E-state index >= 15 is 0 Å². The van der Waals surface area contributed by atoms with Crippen LogP contribution >= 0.6 is 12.2 Å². The van der Waals surface area contributed by atoms with Crippen molar-refractivity contribution in [2.75, 3.05) is 4.90 Å². The average Bonchev–Trinajstić information content (AvgIpc) is 3.15. The summed E-state index contributed by atoms with van der Waals surface area (Å²) in [5.41, 5.74) is 3.09. The van der Waals surface area contributed by atoms with Crippen LogP contribution in [0.4, 0.5) is 5.69 Å². The van der Waals surface area contributed by atoms with Crippen molar-refractivity contribution < 1.29 is 9.21 Å². The third-order valence-corrected chi connectivity index (χ3v) is 4.51. The number of amides is 1. The highest BCUT2D eigenvalue weighted by Gasteiger charge is 2.33. The summed E-state index contributed by atoms with van der Waals surface area (Å²) in [6.07, 6.45) is 2.52. The van der Waals surface area contributed by atoms with Gasteiger partial charge in [-0.25, -0.2) is 0 Å². The average molecular weight is 348 g/mol. The number of fused-ring (bicyclic) bond motifs is 1. The molecule has 0 spiro atoms. The molecule has 4 nitrogen and oxygen atoms in total. The van der Waals surface area contributed by atoms with E-state index in [1.54, 1.807) is 11.0 Å². The van der Waals surface area contributed by atoms with Gasteiger partial charge in [0.05, 0.1) is 5.69 Å². The van der Waals surface area contributed by atoms with Crippen LogP contribution in [0.2, 0.25) is 0 Å². The quantitative estimate of drug-likeness (QED) is 0.567. The molecule has 0 atom stereocenters. The minimum Gasteiger partial charge on any atom is -0.457 e. The molecule has 0 saturated carbocycles. The normalized spacial score (nSPS) is 16.0. The molecule has 0 unspecified atom stereocenters. The first-order valence-corrected chi connectivity index (χ1v) is 8.52. The minimum atomic E-state index is -0.175. The van der Waals surface area contributed by atoms with E-state index in [2.05, 4.69) is 12.2 Å². The number of para-hydroxylation sites is 2. The predicted octanol–water partition coefficient (Wildman–Crippen LogP) is 4.26. The van der Waals surface area contributed by atoms with Gasteiger partial charge in [-0.05, 0) is 42.4 Å². The third kappa shape index (κ3) is 2.72. The first kappa shape index (κ1) is 15.6. The molecule has 3 aromatic rings. The molecule has 1 fully saturated rings. The summed E-state index contributed by atoms with van der Waals surface area (Å²) in [5, 5.41) is 4.38. The van der Waals surface area contributed by atoms with Crippen LogP contribution in [-0.2, 0) is 11.2 Å². The number of furan rings is 1. The molecule has 5 heteroatoms. The van der Waals surface area contributed by atoms with Crippen LogP contribution in [0.25, 0.3) is 17.0 Å². The molecule has 1 aliphatic heterocycles. The van der Waals surface area contributed by atoms with Gasteiger partial charge in [-0.2, -0.15) is 0 Å². The molecule has 0 aliphatic carbocycles. The van der Waals surface area contributed by atoms with Crippen molar-refractivity contribution in [3.63, 3.8) is 0 Å². The van der Waals surface area contributed by atoms with E-state index in [0.29, 0.717) is 16.6 Å². The lowest BCUT2D eigenvalue weighted by molar-refractivity contribution is -0.113. The summed E-state index contributed by atoms with van der Waals surface area (Å²) >= 11 is 5.39. The molecule has 0 radical (unpaired) electrons. The molecule has 4 rings (SSSR count). The summed E-state index contributed by atoms with van der Waals surface area (Å²) in [6.45, 7) is 2.06. The van der Waals surface area contributed by atoms with E-state index in [1.165, 1.54) is 0 Å². The SMILES string of the molecule is CCc1ccccc1N1C(=O)/C(=C\c2cc3ccccc3o2)NC1=S. The molecule has 1 N–H and O–H groups in total. The summed E-state index contributed by atoms with van der Waals surface area (Å²) in [5.74, 6) is 0.442. The fourth-order valence-corrected chi connectivity index (χ4v) is 3.29.